The van der Waals surface area contributed by atoms with Crippen LogP contribution in [0, 0.1) is 5.82 Å². The van der Waals surface area contributed by atoms with Crippen LogP contribution in [-0.4, -0.2) is 14.8 Å². The number of aromatic nitrogens is 3. The fraction of sp³-hybridized carbons (Fsp3) is 0.385. The van der Waals surface area contributed by atoms with Gasteiger partial charge in [0.15, 0.2) is 0 Å². The summed E-state index contributed by atoms with van der Waals surface area (Å²) in [5.41, 5.74) is 1.99. The first-order valence-corrected chi connectivity index (χ1v) is 6.01. The first-order valence-electron chi connectivity index (χ1n) is 6.01. The van der Waals surface area contributed by atoms with E-state index >= 15 is 0 Å². The van der Waals surface area contributed by atoms with Crippen LogP contribution in [-0.2, 0) is 13.6 Å². The highest BCUT2D eigenvalue weighted by atomic mass is 19.1. The molecule has 0 aliphatic rings. The molecule has 2 aromatic rings. The molecule has 4 nitrogen and oxygen atoms in total. The fourth-order valence-electron chi connectivity index (χ4n) is 1.86. The zero-order valence-electron chi connectivity index (χ0n) is 10.6. The van der Waals surface area contributed by atoms with Crippen molar-refractivity contribution in [2.45, 2.75) is 25.9 Å². The smallest absolute Gasteiger partial charge is 0.141 e. The van der Waals surface area contributed by atoms with Gasteiger partial charge in [0, 0.05) is 31.4 Å². The zero-order chi connectivity index (χ0) is 13.0. The van der Waals surface area contributed by atoms with Gasteiger partial charge in [0.25, 0.3) is 0 Å². The summed E-state index contributed by atoms with van der Waals surface area (Å²) in [7, 11) is 1.89. The summed E-state index contributed by atoms with van der Waals surface area (Å²) in [5, 5.41) is 7.51. The molecule has 0 radical (unpaired) electrons. The second-order valence-electron chi connectivity index (χ2n) is 4.27. The van der Waals surface area contributed by atoms with Gasteiger partial charge in [-0.15, -0.1) is 0 Å². The van der Waals surface area contributed by atoms with Crippen molar-refractivity contribution < 1.29 is 4.39 Å². The van der Waals surface area contributed by atoms with Crippen LogP contribution in [0.4, 0.5) is 4.39 Å². The van der Waals surface area contributed by atoms with Crippen LogP contribution in [0.5, 0.6) is 0 Å². The van der Waals surface area contributed by atoms with Crippen LogP contribution in [0.3, 0.4) is 0 Å². The van der Waals surface area contributed by atoms with E-state index in [2.05, 4.69) is 22.3 Å². The average molecular weight is 248 g/mol. The molecular formula is C13H17FN4. The van der Waals surface area contributed by atoms with Crippen LogP contribution < -0.4 is 5.32 Å². The monoisotopic (exact) mass is 248 g/mol. The summed E-state index contributed by atoms with van der Waals surface area (Å²) >= 11 is 0. The first-order chi connectivity index (χ1) is 8.69. The van der Waals surface area contributed by atoms with Crippen molar-refractivity contribution in [1.29, 1.82) is 0 Å². The largest absolute Gasteiger partial charge is 0.304 e. The van der Waals surface area contributed by atoms with Crippen LogP contribution >= 0.6 is 0 Å². The number of halogens is 1. The molecule has 1 atom stereocenters. The number of nitrogens with zero attached hydrogens (tertiary/aromatic N) is 3. The molecular weight excluding hydrogens is 231 g/mol. The predicted molar refractivity (Wildman–Crippen MR) is 67.3 cm³/mol. The number of aryl methyl sites for hydroxylation is 1. The van der Waals surface area contributed by atoms with E-state index in [1.54, 1.807) is 10.7 Å². The minimum atomic E-state index is -0.305. The van der Waals surface area contributed by atoms with E-state index in [-0.39, 0.29) is 11.9 Å². The van der Waals surface area contributed by atoms with Gasteiger partial charge < -0.3 is 5.32 Å². The van der Waals surface area contributed by atoms with E-state index in [1.807, 2.05) is 19.4 Å². The molecule has 0 fully saturated rings. The summed E-state index contributed by atoms with van der Waals surface area (Å²) in [5.74, 6) is -0.305. The molecule has 18 heavy (non-hydrogen) atoms. The third-order valence-electron chi connectivity index (χ3n) is 2.83. The van der Waals surface area contributed by atoms with Gasteiger partial charge in [-0.3, -0.25) is 9.67 Å². The maximum absolute atomic E-state index is 12.8. The van der Waals surface area contributed by atoms with Crippen molar-refractivity contribution in [2.75, 3.05) is 0 Å². The van der Waals surface area contributed by atoms with Crippen molar-refractivity contribution in [2.24, 2.45) is 7.05 Å². The number of rotatable bonds is 5. The van der Waals surface area contributed by atoms with Crippen molar-refractivity contribution in [1.82, 2.24) is 20.1 Å². The van der Waals surface area contributed by atoms with Gasteiger partial charge in [-0.05, 0) is 18.6 Å². The highest BCUT2D eigenvalue weighted by Crippen LogP contribution is 2.14. The normalized spacial score (nSPS) is 12.6. The Balaban J connectivity index is 1.99. The highest BCUT2D eigenvalue weighted by Gasteiger charge is 2.10. The Morgan fingerprint density at radius 1 is 1.39 bits per heavy atom. The molecule has 0 aliphatic carbocycles. The van der Waals surface area contributed by atoms with Gasteiger partial charge >= 0.3 is 0 Å². The Morgan fingerprint density at radius 2 is 2.22 bits per heavy atom. The van der Waals surface area contributed by atoms with Gasteiger partial charge in [-0.1, -0.05) is 6.92 Å². The third kappa shape index (κ3) is 3.13. The van der Waals surface area contributed by atoms with Gasteiger partial charge in [0.05, 0.1) is 18.1 Å². The van der Waals surface area contributed by atoms with E-state index in [1.165, 1.54) is 12.3 Å². The summed E-state index contributed by atoms with van der Waals surface area (Å²) in [6.07, 6.45) is 5.96. The molecule has 0 bridgehead atoms. The Kier molecular flexibility index (Phi) is 4.04. The lowest BCUT2D eigenvalue weighted by molar-refractivity contribution is 0.504. The van der Waals surface area contributed by atoms with Crippen molar-refractivity contribution in [3.8, 4) is 0 Å². The van der Waals surface area contributed by atoms with Gasteiger partial charge in [-0.25, -0.2) is 4.39 Å². The molecule has 2 heterocycles. The second kappa shape index (κ2) is 5.73. The van der Waals surface area contributed by atoms with E-state index in [9.17, 15) is 4.39 Å². The number of hydrogen-bond acceptors (Lipinski definition) is 3. The maximum Gasteiger partial charge on any atom is 0.141 e. The van der Waals surface area contributed by atoms with Crippen LogP contribution in [0.2, 0.25) is 0 Å². The standard InChI is InChI=1S/C13H17FN4/c1-3-12(13-5-4-11(14)8-16-13)15-6-10-7-17-18(2)9-10/h4-5,7-9,12,15H,3,6H2,1-2H3. The predicted octanol–water partition coefficient (Wildman–Crippen LogP) is 2.20. The first kappa shape index (κ1) is 12.7. The Labute approximate surface area is 106 Å². The van der Waals surface area contributed by atoms with Crippen molar-refractivity contribution in [3.63, 3.8) is 0 Å². The van der Waals surface area contributed by atoms with E-state index < -0.39 is 0 Å². The molecule has 0 saturated heterocycles. The number of hydrogen-bond donors (Lipinski definition) is 1. The molecule has 2 aromatic heterocycles. The molecule has 0 spiro atoms. The second-order valence-corrected chi connectivity index (χ2v) is 4.27. The number of nitrogens with one attached hydrogen (secondary N) is 1. The lowest BCUT2D eigenvalue weighted by Crippen LogP contribution is -2.21. The van der Waals surface area contributed by atoms with Crippen molar-refractivity contribution in [3.05, 3.63) is 47.8 Å². The molecule has 1 N–H and O–H groups in total. The minimum absolute atomic E-state index is 0.130. The molecule has 0 aliphatic heterocycles. The topological polar surface area (TPSA) is 42.7 Å². The summed E-state index contributed by atoms with van der Waals surface area (Å²) < 4.78 is 14.6. The molecule has 1 unspecified atom stereocenters. The van der Waals surface area contributed by atoms with Crippen LogP contribution in [0.15, 0.2) is 30.7 Å². The van der Waals surface area contributed by atoms with Crippen molar-refractivity contribution >= 4 is 0 Å². The molecule has 0 saturated carbocycles. The quantitative estimate of drug-likeness (QED) is 0.882. The SMILES string of the molecule is CCC(NCc1cnn(C)c1)c1ccc(F)cn1. The highest BCUT2D eigenvalue weighted by molar-refractivity contribution is 5.11. The third-order valence-corrected chi connectivity index (χ3v) is 2.83. The summed E-state index contributed by atoms with van der Waals surface area (Å²) in [6, 6.07) is 3.29. The average Bonchev–Trinajstić information content (AvgIpc) is 2.78. The van der Waals surface area contributed by atoms with Crippen LogP contribution in [0.1, 0.15) is 30.6 Å². The zero-order valence-corrected chi connectivity index (χ0v) is 10.6. The van der Waals surface area contributed by atoms with E-state index in [4.69, 9.17) is 0 Å². The summed E-state index contributed by atoms with van der Waals surface area (Å²) in [4.78, 5) is 4.11. The lowest BCUT2D eigenvalue weighted by atomic mass is 10.1. The van der Waals surface area contributed by atoms with Gasteiger partial charge in [-0.2, -0.15) is 5.10 Å². The van der Waals surface area contributed by atoms with Gasteiger partial charge in [0.2, 0.25) is 0 Å². The van der Waals surface area contributed by atoms with Crippen LogP contribution in [0.25, 0.3) is 0 Å². The lowest BCUT2D eigenvalue weighted by Gasteiger charge is -2.15. The molecule has 0 aromatic carbocycles. The summed E-state index contributed by atoms with van der Waals surface area (Å²) in [6.45, 7) is 2.80. The Hall–Kier alpha value is -1.75. The Morgan fingerprint density at radius 3 is 2.78 bits per heavy atom. The number of pyridine rings is 1. The van der Waals surface area contributed by atoms with E-state index in [0.29, 0.717) is 0 Å². The van der Waals surface area contributed by atoms with Gasteiger partial charge in [0.1, 0.15) is 5.82 Å². The van der Waals surface area contributed by atoms with E-state index in [0.717, 1.165) is 24.2 Å². The fourth-order valence-corrected chi connectivity index (χ4v) is 1.86. The maximum atomic E-state index is 12.8. The molecule has 5 heteroatoms. The molecule has 2 rings (SSSR count). The Bertz CT molecular complexity index is 492. The molecule has 0 amide bonds. The minimum Gasteiger partial charge on any atom is -0.304 e. The molecule has 96 valence electrons.